The number of benzene rings is 1. The second-order valence-corrected chi connectivity index (χ2v) is 7.25. The fraction of sp³-hybridized carbons (Fsp3) is 0.429. The van der Waals surface area contributed by atoms with Gasteiger partial charge in [0.15, 0.2) is 11.5 Å². The van der Waals surface area contributed by atoms with Crippen LogP contribution in [0.2, 0.25) is 0 Å². The van der Waals surface area contributed by atoms with Gasteiger partial charge in [-0.1, -0.05) is 0 Å². The Morgan fingerprint density at radius 3 is 2.47 bits per heavy atom. The molecule has 3 aromatic rings. The summed E-state index contributed by atoms with van der Waals surface area (Å²) in [5.74, 6) is 2.17. The maximum absolute atomic E-state index is 5.45. The summed E-state index contributed by atoms with van der Waals surface area (Å²) in [4.78, 5) is 6.66. The van der Waals surface area contributed by atoms with E-state index in [-0.39, 0.29) is 0 Å². The first kappa shape index (κ1) is 19.9. The maximum atomic E-state index is 5.45. The van der Waals surface area contributed by atoms with Crippen LogP contribution in [0.3, 0.4) is 0 Å². The first-order valence-corrected chi connectivity index (χ1v) is 9.90. The van der Waals surface area contributed by atoms with Crippen LogP contribution in [0.5, 0.6) is 17.2 Å². The van der Waals surface area contributed by atoms with Gasteiger partial charge < -0.3 is 19.1 Å². The number of nitrogens with one attached hydrogen (secondary N) is 1. The number of H-pyrrole nitrogens is 1. The van der Waals surface area contributed by atoms with E-state index in [0.717, 1.165) is 24.1 Å². The lowest BCUT2D eigenvalue weighted by Crippen LogP contribution is -2.21. The molecule has 0 spiro atoms. The lowest BCUT2D eigenvalue weighted by atomic mass is 9.96. The second kappa shape index (κ2) is 8.56. The third kappa shape index (κ3) is 3.74. The summed E-state index contributed by atoms with van der Waals surface area (Å²) in [6.45, 7) is 0.617. The Labute approximate surface area is 175 Å². The van der Waals surface area contributed by atoms with Gasteiger partial charge in [-0.05, 0) is 43.4 Å². The molecule has 9 heteroatoms. The van der Waals surface area contributed by atoms with Gasteiger partial charge in [-0.3, -0.25) is 5.10 Å². The van der Waals surface area contributed by atoms with E-state index in [9.17, 15) is 0 Å². The van der Waals surface area contributed by atoms with Crippen molar-refractivity contribution in [2.45, 2.75) is 32.2 Å². The van der Waals surface area contributed by atoms with Crippen molar-refractivity contribution in [1.82, 2.24) is 25.4 Å². The minimum atomic E-state index is 0.522. The molecule has 0 atom stereocenters. The molecule has 1 aliphatic carbocycles. The van der Waals surface area contributed by atoms with Crippen LogP contribution in [0.25, 0.3) is 11.3 Å². The van der Waals surface area contributed by atoms with Crippen LogP contribution < -0.4 is 19.1 Å². The third-order valence-corrected chi connectivity index (χ3v) is 5.38. The van der Waals surface area contributed by atoms with E-state index in [2.05, 4.69) is 20.4 Å². The highest BCUT2D eigenvalue weighted by atomic mass is 16.5. The highest BCUT2D eigenvalue weighted by Gasteiger charge is 2.20. The fourth-order valence-corrected chi connectivity index (χ4v) is 3.80. The van der Waals surface area contributed by atoms with Gasteiger partial charge in [-0.2, -0.15) is 10.2 Å². The summed E-state index contributed by atoms with van der Waals surface area (Å²) in [5, 5.41) is 16.1. The Morgan fingerprint density at radius 1 is 1.03 bits per heavy atom. The largest absolute Gasteiger partial charge is 0.493 e. The number of anilines is 1. The first-order valence-electron chi connectivity index (χ1n) is 9.90. The molecule has 2 aromatic heterocycles. The highest BCUT2D eigenvalue weighted by molar-refractivity contribution is 5.68. The normalized spacial score (nSPS) is 12.9. The standard InChI is InChI=1S/C21H26N6O3/c1-27(12-17-14-7-5-6-8-15(14)24-25-17)21-23-16(11-22-26-21)13-9-18(28-2)20(30-4)19(10-13)29-3/h9-11H,5-8,12H2,1-4H3,(H,24,25). The molecule has 1 aliphatic rings. The van der Waals surface area contributed by atoms with Crippen molar-refractivity contribution in [3.63, 3.8) is 0 Å². The molecule has 9 nitrogen and oxygen atoms in total. The van der Waals surface area contributed by atoms with E-state index >= 15 is 0 Å². The smallest absolute Gasteiger partial charge is 0.246 e. The van der Waals surface area contributed by atoms with Crippen LogP contribution in [-0.4, -0.2) is 53.8 Å². The quantitative estimate of drug-likeness (QED) is 0.635. The van der Waals surface area contributed by atoms with E-state index in [1.807, 2.05) is 24.1 Å². The molecule has 0 saturated heterocycles. The van der Waals surface area contributed by atoms with Crippen LogP contribution in [0.15, 0.2) is 18.3 Å². The molecule has 2 heterocycles. The topological polar surface area (TPSA) is 98.3 Å². The lowest BCUT2D eigenvalue weighted by Gasteiger charge is -2.18. The van der Waals surface area contributed by atoms with E-state index in [1.165, 1.54) is 24.1 Å². The summed E-state index contributed by atoms with van der Waals surface area (Å²) in [6, 6.07) is 3.69. The minimum absolute atomic E-state index is 0.522. The number of ether oxygens (including phenoxy) is 3. The molecule has 1 aromatic carbocycles. The van der Waals surface area contributed by atoms with Gasteiger partial charge in [-0.25, -0.2) is 4.98 Å². The van der Waals surface area contributed by atoms with E-state index in [1.54, 1.807) is 27.5 Å². The molecule has 1 N–H and O–H groups in total. The van der Waals surface area contributed by atoms with Crippen LogP contribution in [0.4, 0.5) is 5.95 Å². The number of hydrogen-bond donors (Lipinski definition) is 1. The van der Waals surface area contributed by atoms with Crippen molar-refractivity contribution in [2.75, 3.05) is 33.3 Å². The zero-order chi connectivity index (χ0) is 21.1. The summed E-state index contributed by atoms with van der Waals surface area (Å²) in [6.07, 6.45) is 6.18. The molecule has 0 unspecified atom stereocenters. The molecule has 158 valence electrons. The summed E-state index contributed by atoms with van der Waals surface area (Å²) in [5.41, 5.74) is 5.10. The Kier molecular flexibility index (Phi) is 5.69. The molecule has 0 bridgehead atoms. The zero-order valence-electron chi connectivity index (χ0n) is 17.7. The van der Waals surface area contributed by atoms with Gasteiger partial charge in [0.05, 0.1) is 45.5 Å². The number of methoxy groups -OCH3 is 3. The number of rotatable bonds is 7. The lowest BCUT2D eigenvalue weighted by molar-refractivity contribution is 0.324. The number of nitrogens with zero attached hydrogens (tertiary/aromatic N) is 5. The Hall–Kier alpha value is -3.36. The number of hydrogen-bond acceptors (Lipinski definition) is 8. The average Bonchev–Trinajstić information content (AvgIpc) is 3.20. The number of fused-ring (bicyclic) bond motifs is 1. The van der Waals surface area contributed by atoms with Crippen LogP contribution >= 0.6 is 0 Å². The number of aromatic nitrogens is 5. The van der Waals surface area contributed by atoms with E-state index < -0.39 is 0 Å². The van der Waals surface area contributed by atoms with Crippen molar-refractivity contribution >= 4 is 5.95 Å². The fourth-order valence-electron chi connectivity index (χ4n) is 3.80. The van der Waals surface area contributed by atoms with Gasteiger partial charge in [0.2, 0.25) is 11.7 Å². The predicted octanol–water partition coefficient (Wildman–Crippen LogP) is 2.80. The SMILES string of the molecule is COc1cc(-c2cnnc(N(C)Cc3n[nH]c4c3CCCC4)n2)cc(OC)c1OC. The van der Waals surface area contributed by atoms with Gasteiger partial charge in [0.25, 0.3) is 0 Å². The van der Waals surface area contributed by atoms with Crippen molar-refractivity contribution in [1.29, 1.82) is 0 Å². The average molecular weight is 410 g/mol. The molecular formula is C21H26N6O3. The Morgan fingerprint density at radius 2 is 1.77 bits per heavy atom. The molecule has 0 aliphatic heterocycles. The third-order valence-electron chi connectivity index (χ3n) is 5.38. The predicted molar refractivity (Wildman–Crippen MR) is 112 cm³/mol. The second-order valence-electron chi connectivity index (χ2n) is 7.25. The maximum Gasteiger partial charge on any atom is 0.246 e. The first-order chi connectivity index (χ1) is 14.6. The minimum Gasteiger partial charge on any atom is -0.493 e. The summed E-state index contributed by atoms with van der Waals surface area (Å²) < 4.78 is 16.3. The summed E-state index contributed by atoms with van der Waals surface area (Å²) >= 11 is 0. The van der Waals surface area contributed by atoms with Gasteiger partial charge in [0.1, 0.15) is 0 Å². The molecule has 0 saturated carbocycles. The van der Waals surface area contributed by atoms with Crippen molar-refractivity contribution in [3.8, 4) is 28.5 Å². The number of aryl methyl sites for hydroxylation is 1. The molecular weight excluding hydrogens is 384 g/mol. The van der Waals surface area contributed by atoms with Gasteiger partial charge >= 0.3 is 0 Å². The number of aromatic amines is 1. The van der Waals surface area contributed by atoms with Crippen LogP contribution in [-0.2, 0) is 19.4 Å². The molecule has 0 fully saturated rings. The molecule has 30 heavy (non-hydrogen) atoms. The van der Waals surface area contributed by atoms with Crippen LogP contribution in [0, 0.1) is 0 Å². The van der Waals surface area contributed by atoms with E-state index in [0.29, 0.717) is 35.4 Å². The van der Waals surface area contributed by atoms with E-state index in [4.69, 9.17) is 19.2 Å². The Bertz CT molecular complexity index is 1010. The zero-order valence-corrected chi connectivity index (χ0v) is 17.7. The Balaban J connectivity index is 1.62. The molecule has 0 radical (unpaired) electrons. The van der Waals surface area contributed by atoms with Crippen molar-refractivity contribution in [2.24, 2.45) is 0 Å². The molecule has 4 rings (SSSR count). The summed E-state index contributed by atoms with van der Waals surface area (Å²) in [7, 11) is 6.69. The van der Waals surface area contributed by atoms with Gasteiger partial charge in [0, 0.05) is 18.3 Å². The van der Waals surface area contributed by atoms with Crippen molar-refractivity contribution in [3.05, 3.63) is 35.3 Å². The van der Waals surface area contributed by atoms with Gasteiger partial charge in [-0.15, -0.1) is 5.10 Å². The highest BCUT2D eigenvalue weighted by Crippen LogP contribution is 2.40. The molecule has 0 amide bonds. The van der Waals surface area contributed by atoms with Crippen molar-refractivity contribution < 1.29 is 14.2 Å². The van der Waals surface area contributed by atoms with Crippen LogP contribution in [0.1, 0.15) is 29.8 Å². The monoisotopic (exact) mass is 410 g/mol.